The molecule has 1 heterocycles. The molecule has 3 amide bonds. The van der Waals surface area contributed by atoms with Crippen molar-refractivity contribution in [1.29, 1.82) is 0 Å². The minimum absolute atomic E-state index is 0.0543. The number of amides is 3. The Hall–Kier alpha value is -3.43. The highest BCUT2D eigenvalue weighted by atomic mass is 16.6. The molecule has 4 atom stereocenters. The highest BCUT2D eigenvalue weighted by molar-refractivity contribution is 6.05. The molecule has 0 bridgehead atoms. The molecule has 1 saturated heterocycles. The lowest BCUT2D eigenvalue weighted by Gasteiger charge is -2.30. The lowest BCUT2D eigenvalue weighted by Crippen LogP contribution is -2.55. The van der Waals surface area contributed by atoms with Gasteiger partial charge in [-0.25, -0.2) is 9.59 Å². The first-order chi connectivity index (χ1) is 19.1. The third-order valence-corrected chi connectivity index (χ3v) is 6.82. The number of likely N-dealkylation sites (tertiary alicyclic amines) is 1. The van der Waals surface area contributed by atoms with E-state index >= 15 is 0 Å². The molecule has 41 heavy (non-hydrogen) atoms. The van der Waals surface area contributed by atoms with Gasteiger partial charge in [-0.05, 0) is 64.4 Å². The number of benzene rings is 1. The number of alkyl carbamates (subject to hydrolysis) is 1. The normalized spacial score (nSPS) is 17.5. The van der Waals surface area contributed by atoms with Crippen LogP contribution in [0.3, 0.4) is 0 Å². The number of carbonyl (C=O) groups excluding carboxylic acids is 5. The van der Waals surface area contributed by atoms with Crippen molar-refractivity contribution in [2.75, 3.05) is 6.54 Å². The Labute approximate surface area is 243 Å². The monoisotopic (exact) mass is 573 g/mol. The zero-order valence-electron chi connectivity index (χ0n) is 25.7. The molecule has 0 aromatic heterocycles. The van der Waals surface area contributed by atoms with E-state index in [0.717, 1.165) is 5.56 Å². The maximum absolute atomic E-state index is 13.7. The van der Waals surface area contributed by atoms with Gasteiger partial charge in [0, 0.05) is 6.54 Å². The molecule has 2 rings (SSSR count). The Balaban J connectivity index is 2.11. The predicted octanol–water partition coefficient (Wildman–Crippen LogP) is 4.01. The summed E-state index contributed by atoms with van der Waals surface area (Å²) in [6.45, 7) is 14.5. The molecule has 10 nitrogen and oxygen atoms in total. The van der Waals surface area contributed by atoms with Crippen molar-refractivity contribution in [2.24, 2.45) is 17.8 Å². The number of hydrogen-bond donors (Lipinski definition) is 2. The molecule has 228 valence electrons. The zero-order chi connectivity index (χ0) is 30.9. The number of carbonyl (C=O) groups is 5. The zero-order valence-corrected chi connectivity index (χ0v) is 25.7. The summed E-state index contributed by atoms with van der Waals surface area (Å²) in [5.74, 6) is -3.34. The molecule has 1 unspecified atom stereocenters. The molecule has 0 aliphatic carbocycles. The third-order valence-electron chi connectivity index (χ3n) is 6.82. The van der Waals surface area contributed by atoms with Crippen LogP contribution in [0.5, 0.6) is 0 Å². The third kappa shape index (κ3) is 10.5. The van der Waals surface area contributed by atoms with Gasteiger partial charge in [-0.1, -0.05) is 58.0 Å². The molecule has 0 radical (unpaired) electrons. The maximum atomic E-state index is 13.7. The predicted molar refractivity (Wildman–Crippen MR) is 155 cm³/mol. The van der Waals surface area contributed by atoms with Crippen LogP contribution in [-0.4, -0.2) is 64.8 Å². The van der Waals surface area contributed by atoms with E-state index in [1.165, 1.54) is 11.8 Å². The Kier molecular flexibility index (Phi) is 12.3. The first-order valence-electron chi connectivity index (χ1n) is 14.4. The van der Waals surface area contributed by atoms with Crippen molar-refractivity contribution in [3.63, 3.8) is 0 Å². The second-order valence-corrected chi connectivity index (χ2v) is 12.5. The van der Waals surface area contributed by atoms with Crippen molar-refractivity contribution in [1.82, 2.24) is 15.5 Å². The van der Waals surface area contributed by atoms with Gasteiger partial charge in [0.15, 0.2) is 5.78 Å². The van der Waals surface area contributed by atoms with E-state index in [1.807, 2.05) is 44.2 Å². The lowest BCUT2D eigenvalue weighted by molar-refractivity contribution is -0.155. The van der Waals surface area contributed by atoms with Crippen LogP contribution in [0.25, 0.3) is 0 Å². The Bertz CT molecular complexity index is 1070. The van der Waals surface area contributed by atoms with Gasteiger partial charge in [-0.3, -0.25) is 14.4 Å². The van der Waals surface area contributed by atoms with Crippen molar-refractivity contribution < 1.29 is 33.4 Å². The molecular formula is C31H47N3O7. The standard InChI is InChI=1S/C31H47N3O7/c1-19(2)17-23(28(37)34-16-12-15-24(34)29(38)40-18-22-13-10-9-11-14-22)32-27(36)21(5)26(35)25(20(3)4)33-30(39)41-31(6,7)8/h9-11,13-14,19-21,23-25H,12,15-18H2,1-8H3,(H,32,36)(H,33,39)/t21?,23-,24-,25-/m0/s1. The fourth-order valence-corrected chi connectivity index (χ4v) is 4.69. The second-order valence-electron chi connectivity index (χ2n) is 12.5. The average Bonchev–Trinajstić information content (AvgIpc) is 3.38. The summed E-state index contributed by atoms with van der Waals surface area (Å²) < 4.78 is 10.8. The summed E-state index contributed by atoms with van der Waals surface area (Å²) in [6, 6.07) is 6.69. The number of esters is 1. The van der Waals surface area contributed by atoms with Crippen LogP contribution in [0.4, 0.5) is 4.79 Å². The van der Waals surface area contributed by atoms with E-state index in [1.54, 1.807) is 34.6 Å². The number of nitrogens with zero attached hydrogens (tertiary/aromatic N) is 1. The van der Waals surface area contributed by atoms with Gasteiger partial charge < -0.3 is 25.0 Å². The van der Waals surface area contributed by atoms with E-state index < -0.39 is 53.4 Å². The lowest BCUT2D eigenvalue weighted by atomic mass is 9.91. The van der Waals surface area contributed by atoms with Gasteiger partial charge >= 0.3 is 12.1 Å². The van der Waals surface area contributed by atoms with Crippen LogP contribution in [0.1, 0.15) is 80.2 Å². The van der Waals surface area contributed by atoms with Gasteiger partial charge in [-0.15, -0.1) is 0 Å². The van der Waals surface area contributed by atoms with Gasteiger partial charge in [0.2, 0.25) is 11.8 Å². The van der Waals surface area contributed by atoms with Crippen molar-refractivity contribution in [3.8, 4) is 0 Å². The average molecular weight is 574 g/mol. The Morgan fingerprint density at radius 3 is 2.17 bits per heavy atom. The molecular weight excluding hydrogens is 526 g/mol. The summed E-state index contributed by atoms with van der Waals surface area (Å²) >= 11 is 0. The first-order valence-corrected chi connectivity index (χ1v) is 14.4. The number of rotatable bonds is 12. The van der Waals surface area contributed by atoms with Crippen LogP contribution in [0.15, 0.2) is 30.3 Å². The van der Waals surface area contributed by atoms with E-state index in [0.29, 0.717) is 25.8 Å². The topological polar surface area (TPSA) is 131 Å². The van der Waals surface area contributed by atoms with Crippen molar-refractivity contribution in [2.45, 2.75) is 105 Å². The van der Waals surface area contributed by atoms with Crippen molar-refractivity contribution >= 4 is 29.7 Å². The smallest absolute Gasteiger partial charge is 0.408 e. The molecule has 1 aliphatic heterocycles. The van der Waals surface area contributed by atoms with Crippen LogP contribution in [-0.2, 0) is 35.3 Å². The summed E-state index contributed by atoms with van der Waals surface area (Å²) in [5.41, 5.74) is 0.102. The van der Waals surface area contributed by atoms with Gasteiger partial charge in [0.25, 0.3) is 0 Å². The minimum Gasteiger partial charge on any atom is -0.459 e. The van der Waals surface area contributed by atoms with Crippen LogP contribution in [0.2, 0.25) is 0 Å². The number of ether oxygens (including phenoxy) is 2. The quantitative estimate of drug-likeness (QED) is 0.285. The largest absolute Gasteiger partial charge is 0.459 e. The van der Waals surface area contributed by atoms with E-state index in [4.69, 9.17) is 9.47 Å². The summed E-state index contributed by atoms with van der Waals surface area (Å²) in [6.07, 6.45) is 0.699. The van der Waals surface area contributed by atoms with Gasteiger partial charge in [0.1, 0.15) is 24.3 Å². The number of Topliss-reactive ketones (excluding diaryl/α,β-unsaturated/α-hetero) is 1. The van der Waals surface area contributed by atoms with Crippen LogP contribution < -0.4 is 10.6 Å². The molecule has 2 N–H and O–H groups in total. The maximum Gasteiger partial charge on any atom is 0.408 e. The van der Waals surface area contributed by atoms with E-state index in [-0.39, 0.29) is 24.3 Å². The summed E-state index contributed by atoms with van der Waals surface area (Å²) in [4.78, 5) is 67.0. The molecule has 1 aromatic rings. The van der Waals surface area contributed by atoms with E-state index in [2.05, 4.69) is 10.6 Å². The number of ketones is 1. The minimum atomic E-state index is -1.13. The highest BCUT2D eigenvalue weighted by Crippen LogP contribution is 2.22. The molecule has 1 fully saturated rings. The second kappa shape index (κ2) is 15.0. The SMILES string of the molecule is CC(C)C[C@H](NC(=O)C(C)C(=O)[C@@H](NC(=O)OC(C)(C)C)C(C)C)C(=O)N1CCC[C@H]1C(=O)OCc1ccccc1. The van der Waals surface area contributed by atoms with Crippen LogP contribution >= 0.6 is 0 Å². The highest BCUT2D eigenvalue weighted by Gasteiger charge is 2.40. The Morgan fingerprint density at radius 2 is 1.61 bits per heavy atom. The van der Waals surface area contributed by atoms with Crippen LogP contribution in [0, 0.1) is 17.8 Å². The molecule has 1 aliphatic rings. The van der Waals surface area contributed by atoms with Gasteiger partial charge in [-0.2, -0.15) is 0 Å². The molecule has 0 saturated carbocycles. The van der Waals surface area contributed by atoms with Crippen molar-refractivity contribution in [3.05, 3.63) is 35.9 Å². The molecule has 0 spiro atoms. The summed E-state index contributed by atoms with van der Waals surface area (Å²) in [5, 5.41) is 5.35. The number of nitrogens with one attached hydrogen (secondary N) is 2. The fraction of sp³-hybridized carbons (Fsp3) is 0.645. The van der Waals surface area contributed by atoms with Gasteiger partial charge in [0.05, 0.1) is 12.0 Å². The fourth-order valence-electron chi connectivity index (χ4n) is 4.69. The van der Waals surface area contributed by atoms with E-state index in [9.17, 15) is 24.0 Å². The molecule has 1 aromatic carbocycles. The first kappa shape index (κ1) is 33.8. The summed E-state index contributed by atoms with van der Waals surface area (Å²) in [7, 11) is 0. The Morgan fingerprint density at radius 1 is 0.976 bits per heavy atom. The molecule has 10 heteroatoms. The number of hydrogen-bond acceptors (Lipinski definition) is 7.